The lowest BCUT2D eigenvalue weighted by Gasteiger charge is -2.21. The van der Waals surface area contributed by atoms with Gasteiger partial charge in [0.2, 0.25) is 0 Å². The fourth-order valence-electron chi connectivity index (χ4n) is 11.7. The molecule has 0 saturated heterocycles. The number of hydrogen-bond acceptors (Lipinski definition) is 15. The van der Waals surface area contributed by atoms with Gasteiger partial charge in [0, 0.05) is 25.7 Å². The zero-order valence-corrected chi connectivity index (χ0v) is 64.8. The average Bonchev–Trinajstić information content (AvgIpc) is 1.37. The molecule has 0 aliphatic heterocycles. The van der Waals surface area contributed by atoms with E-state index in [0.717, 1.165) is 108 Å². The zero-order chi connectivity index (χ0) is 71.0. The Morgan fingerprint density at radius 3 is 0.740 bits per heavy atom. The molecule has 0 aromatic heterocycles. The minimum atomic E-state index is -4.96. The first-order valence-electron chi connectivity index (χ1n) is 39.8. The van der Waals surface area contributed by atoms with Crippen molar-refractivity contribution in [1.82, 2.24) is 0 Å². The van der Waals surface area contributed by atoms with Crippen LogP contribution in [-0.4, -0.2) is 96.7 Å². The topological polar surface area (TPSA) is 237 Å². The summed E-state index contributed by atoms with van der Waals surface area (Å²) in [5, 5.41) is 10.6. The predicted octanol–water partition coefficient (Wildman–Crippen LogP) is 22.4. The van der Waals surface area contributed by atoms with Crippen LogP contribution in [0.1, 0.15) is 389 Å². The number of aliphatic hydroxyl groups excluding tert-OH is 1. The van der Waals surface area contributed by atoms with Crippen LogP contribution in [0.15, 0.2) is 0 Å². The van der Waals surface area contributed by atoms with Gasteiger partial charge >= 0.3 is 39.5 Å². The summed E-state index contributed by atoms with van der Waals surface area (Å²) in [6.07, 6.45) is 51.6. The van der Waals surface area contributed by atoms with Crippen LogP contribution in [0.4, 0.5) is 0 Å². The molecule has 96 heavy (non-hydrogen) atoms. The largest absolute Gasteiger partial charge is 0.472 e. The van der Waals surface area contributed by atoms with Crippen LogP contribution < -0.4 is 0 Å². The van der Waals surface area contributed by atoms with E-state index in [4.69, 9.17) is 37.0 Å². The Morgan fingerprint density at radius 2 is 0.500 bits per heavy atom. The van der Waals surface area contributed by atoms with Crippen molar-refractivity contribution in [1.29, 1.82) is 0 Å². The molecule has 0 aromatic rings. The van der Waals surface area contributed by atoms with E-state index in [2.05, 4.69) is 55.4 Å². The fraction of sp³-hybridized carbons (Fsp3) is 0.948. The Hall–Kier alpha value is -1.94. The summed E-state index contributed by atoms with van der Waals surface area (Å²) >= 11 is 0. The van der Waals surface area contributed by atoms with Gasteiger partial charge in [-0.25, -0.2) is 9.13 Å². The molecule has 0 aromatic carbocycles. The minimum Gasteiger partial charge on any atom is -0.462 e. The Balaban J connectivity index is 5.19. The lowest BCUT2D eigenvalue weighted by molar-refractivity contribution is -0.161. The van der Waals surface area contributed by atoms with E-state index in [1.54, 1.807) is 0 Å². The zero-order valence-electron chi connectivity index (χ0n) is 63.0. The molecule has 0 heterocycles. The molecule has 3 N–H and O–H groups in total. The van der Waals surface area contributed by atoms with Crippen molar-refractivity contribution in [3.8, 4) is 0 Å². The van der Waals surface area contributed by atoms with Crippen LogP contribution in [0.5, 0.6) is 0 Å². The van der Waals surface area contributed by atoms with Crippen LogP contribution >= 0.6 is 15.6 Å². The average molecular weight is 1410 g/mol. The van der Waals surface area contributed by atoms with E-state index in [1.165, 1.54) is 186 Å². The molecule has 0 spiro atoms. The van der Waals surface area contributed by atoms with E-state index in [0.29, 0.717) is 37.5 Å². The van der Waals surface area contributed by atoms with E-state index < -0.39 is 97.5 Å². The highest BCUT2D eigenvalue weighted by Crippen LogP contribution is 2.45. The van der Waals surface area contributed by atoms with Gasteiger partial charge in [-0.2, -0.15) is 0 Å². The molecule has 0 saturated carbocycles. The number of phosphoric ester groups is 2. The number of unbranched alkanes of at least 4 members (excludes halogenated alkanes) is 38. The molecule has 570 valence electrons. The Morgan fingerprint density at radius 1 is 0.292 bits per heavy atom. The number of aliphatic hydroxyl groups is 1. The smallest absolute Gasteiger partial charge is 0.462 e. The van der Waals surface area contributed by atoms with Gasteiger partial charge in [-0.1, -0.05) is 338 Å². The molecule has 0 amide bonds. The monoisotopic (exact) mass is 1410 g/mol. The summed E-state index contributed by atoms with van der Waals surface area (Å²) in [5.41, 5.74) is 0. The van der Waals surface area contributed by atoms with Crippen molar-refractivity contribution < 1.29 is 80.2 Å². The lowest BCUT2D eigenvalue weighted by Crippen LogP contribution is -2.30. The second kappa shape index (κ2) is 66.3. The third-order valence-corrected chi connectivity index (χ3v) is 20.4. The number of carbonyl (C=O) groups excluding carboxylic acids is 4. The van der Waals surface area contributed by atoms with Crippen LogP contribution in [-0.2, 0) is 65.4 Å². The van der Waals surface area contributed by atoms with E-state index in [-0.39, 0.29) is 25.7 Å². The van der Waals surface area contributed by atoms with Crippen molar-refractivity contribution in [2.45, 2.75) is 408 Å². The summed E-state index contributed by atoms with van der Waals surface area (Å²) in [4.78, 5) is 72.8. The maximum Gasteiger partial charge on any atom is 0.472 e. The molecule has 0 aliphatic rings. The van der Waals surface area contributed by atoms with Crippen LogP contribution in [0.25, 0.3) is 0 Å². The quantitative estimate of drug-likeness (QED) is 0.0222. The normalized spacial score (nSPS) is 14.7. The fourth-order valence-corrected chi connectivity index (χ4v) is 13.2. The van der Waals surface area contributed by atoms with Crippen LogP contribution in [0.3, 0.4) is 0 Å². The number of esters is 4. The van der Waals surface area contributed by atoms with Crippen molar-refractivity contribution in [2.24, 2.45) is 23.7 Å². The molecular weight excluding hydrogens is 1260 g/mol. The standard InChI is InChI=1S/C77H150O17P2/c1-9-69(7)55-47-39-31-23-19-17-15-13-11-12-14-16-18-20-26-34-43-51-59-76(81)93-72(63-87-74(79)57-49-41-33-25-22-21-24-32-40-48-56-70(8)10-2)65-91-95(83,84)89-61-71(78)62-90-96(85,86)92-66-73(94-77(82)60-52-44-36-28-30-38-46-54-68(5)6)64-88-75(80)58-50-42-35-27-29-37-45-53-67(3)4/h67-73,78H,9-66H2,1-8H3,(H,83,84)(H,85,86)/t69?,70?,71?,72-,73-/m1/s1. The molecular formula is C77H150O17P2. The van der Waals surface area contributed by atoms with E-state index in [9.17, 15) is 43.2 Å². The second-order valence-electron chi connectivity index (χ2n) is 29.2. The van der Waals surface area contributed by atoms with Crippen molar-refractivity contribution in [3.05, 3.63) is 0 Å². The highest BCUT2D eigenvalue weighted by molar-refractivity contribution is 7.47. The summed E-state index contributed by atoms with van der Waals surface area (Å²) in [7, 11) is -9.91. The van der Waals surface area contributed by atoms with Crippen LogP contribution in [0, 0.1) is 23.7 Å². The van der Waals surface area contributed by atoms with Crippen molar-refractivity contribution >= 4 is 39.5 Å². The molecule has 0 radical (unpaired) electrons. The maximum absolute atomic E-state index is 13.1. The van der Waals surface area contributed by atoms with Gasteiger partial charge in [0.1, 0.15) is 19.3 Å². The highest BCUT2D eigenvalue weighted by Gasteiger charge is 2.30. The van der Waals surface area contributed by atoms with Gasteiger partial charge in [0.25, 0.3) is 0 Å². The Labute approximate surface area is 588 Å². The van der Waals surface area contributed by atoms with Gasteiger partial charge in [-0.05, 0) is 49.4 Å². The third-order valence-electron chi connectivity index (χ3n) is 18.5. The number of carbonyl (C=O) groups is 4. The highest BCUT2D eigenvalue weighted by atomic mass is 31.2. The van der Waals surface area contributed by atoms with Gasteiger partial charge < -0.3 is 33.8 Å². The lowest BCUT2D eigenvalue weighted by atomic mass is 9.99. The number of phosphoric acid groups is 2. The molecule has 5 unspecified atom stereocenters. The van der Waals surface area contributed by atoms with E-state index >= 15 is 0 Å². The van der Waals surface area contributed by atoms with Crippen molar-refractivity contribution in [3.63, 3.8) is 0 Å². The molecule has 19 heteroatoms. The van der Waals surface area contributed by atoms with Gasteiger partial charge in [-0.15, -0.1) is 0 Å². The summed E-state index contributed by atoms with van der Waals surface area (Å²) < 4.78 is 68.5. The first kappa shape index (κ1) is 94.1. The van der Waals surface area contributed by atoms with Gasteiger partial charge in [0.15, 0.2) is 12.2 Å². The summed E-state index contributed by atoms with van der Waals surface area (Å²) in [6, 6.07) is 0. The van der Waals surface area contributed by atoms with Gasteiger partial charge in [-0.3, -0.25) is 37.3 Å². The molecule has 0 aliphatic carbocycles. The number of ether oxygens (including phenoxy) is 4. The van der Waals surface area contributed by atoms with Crippen molar-refractivity contribution in [2.75, 3.05) is 39.6 Å². The summed E-state index contributed by atoms with van der Waals surface area (Å²) in [5.74, 6) is 0.957. The molecule has 0 bridgehead atoms. The number of rotatable bonds is 74. The molecule has 0 rings (SSSR count). The third kappa shape index (κ3) is 67.9. The SMILES string of the molecule is CCC(C)CCCCCCCCCCCCCCCCCCCCC(=O)O[C@H](COC(=O)CCCCCCCCCCCCC(C)CC)COP(=O)(O)OCC(O)COP(=O)(O)OC[C@@H](COC(=O)CCCCCCCCCC(C)C)OC(=O)CCCCCCCCCC(C)C. The number of hydrogen-bond donors (Lipinski definition) is 3. The predicted molar refractivity (Wildman–Crippen MR) is 391 cm³/mol. The minimum absolute atomic E-state index is 0.102. The molecule has 0 fully saturated rings. The summed E-state index contributed by atoms with van der Waals surface area (Å²) in [6.45, 7) is 14.2. The molecule has 7 atom stereocenters. The first-order chi connectivity index (χ1) is 46.2. The Kier molecular flexibility index (Phi) is 65.0. The van der Waals surface area contributed by atoms with Crippen LogP contribution in [0.2, 0.25) is 0 Å². The molecule has 17 nitrogen and oxygen atoms in total. The second-order valence-corrected chi connectivity index (χ2v) is 32.1. The van der Waals surface area contributed by atoms with Gasteiger partial charge in [0.05, 0.1) is 26.4 Å². The van der Waals surface area contributed by atoms with E-state index in [1.807, 2.05) is 0 Å². The Bertz CT molecular complexity index is 1890. The maximum atomic E-state index is 13.1. The first-order valence-corrected chi connectivity index (χ1v) is 42.8.